The number of likely N-dealkylation sites (N-methyl/N-ethyl adjacent to an activating group) is 1. The molecule has 0 aromatic rings. The fourth-order valence-corrected chi connectivity index (χ4v) is 2.76. The van der Waals surface area contributed by atoms with Gasteiger partial charge in [0.05, 0.1) is 11.7 Å². The Bertz CT molecular complexity index is 214. The van der Waals surface area contributed by atoms with E-state index in [4.69, 9.17) is 10.5 Å². The van der Waals surface area contributed by atoms with E-state index in [1.54, 1.807) is 0 Å². The Labute approximate surface area is 92.4 Å². The van der Waals surface area contributed by atoms with Crippen LogP contribution in [0.1, 0.15) is 12.8 Å². The van der Waals surface area contributed by atoms with Gasteiger partial charge < -0.3 is 20.3 Å². The first-order valence-electron chi connectivity index (χ1n) is 5.88. The molecule has 15 heavy (non-hydrogen) atoms. The fourth-order valence-electron chi connectivity index (χ4n) is 2.76. The van der Waals surface area contributed by atoms with Crippen molar-refractivity contribution < 1.29 is 4.74 Å². The Morgan fingerprint density at radius 3 is 2.53 bits per heavy atom. The Hall–Kier alpha value is -0.160. The zero-order chi connectivity index (χ0) is 10.9. The summed E-state index contributed by atoms with van der Waals surface area (Å²) in [6, 6.07) is 0. The lowest BCUT2D eigenvalue weighted by atomic mass is 9.89. The van der Waals surface area contributed by atoms with Crippen LogP contribution in [0.15, 0.2) is 0 Å². The molecule has 4 heteroatoms. The first-order valence-corrected chi connectivity index (χ1v) is 5.88. The number of morpholine rings is 1. The maximum atomic E-state index is 6.19. The molecule has 2 saturated heterocycles. The van der Waals surface area contributed by atoms with Crippen molar-refractivity contribution in [1.82, 2.24) is 9.80 Å². The molecule has 0 aromatic heterocycles. The average molecular weight is 213 g/mol. The van der Waals surface area contributed by atoms with E-state index in [0.717, 1.165) is 39.0 Å². The van der Waals surface area contributed by atoms with Gasteiger partial charge in [-0.1, -0.05) is 0 Å². The zero-order valence-electron chi connectivity index (χ0n) is 9.91. The summed E-state index contributed by atoms with van der Waals surface area (Å²) in [4.78, 5) is 4.74. The van der Waals surface area contributed by atoms with E-state index in [1.165, 1.54) is 0 Å². The summed E-state index contributed by atoms with van der Waals surface area (Å²) in [5.41, 5.74) is 5.81. The summed E-state index contributed by atoms with van der Waals surface area (Å²) in [5, 5.41) is 0. The number of hydrogen-bond donors (Lipinski definition) is 1. The van der Waals surface area contributed by atoms with Crippen LogP contribution in [-0.2, 0) is 4.74 Å². The third kappa shape index (κ3) is 2.50. The number of rotatable bonds is 1. The predicted molar refractivity (Wildman–Crippen MR) is 60.9 cm³/mol. The van der Waals surface area contributed by atoms with Crippen molar-refractivity contribution in [1.29, 1.82) is 0 Å². The van der Waals surface area contributed by atoms with Gasteiger partial charge in [0.25, 0.3) is 0 Å². The summed E-state index contributed by atoms with van der Waals surface area (Å²) in [5.74, 6) is 0. The van der Waals surface area contributed by atoms with Crippen LogP contribution in [0, 0.1) is 0 Å². The summed E-state index contributed by atoms with van der Waals surface area (Å²) in [6.45, 7) is 4.98. The van der Waals surface area contributed by atoms with Crippen LogP contribution >= 0.6 is 0 Å². The van der Waals surface area contributed by atoms with E-state index < -0.39 is 0 Å². The molecule has 2 N–H and O–H groups in total. The first kappa shape index (κ1) is 11.3. The standard InChI is InChI=1S/C11H23N3O/c1-13-5-3-11(4-6-13)9-14(2)8-10(7-12)15-11/h10H,3-9,12H2,1-2H3/t10-/m0/s1. The van der Waals surface area contributed by atoms with Gasteiger partial charge in [-0.25, -0.2) is 0 Å². The number of hydrogen-bond acceptors (Lipinski definition) is 4. The summed E-state index contributed by atoms with van der Waals surface area (Å²) in [7, 11) is 4.35. The molecule has 88 valence electrons. The van der Waals surface area contributed by atoms with Crippen LogP contribution in [0.25, 0.3) is 0 Å². The molecule has 2 heterocycles. The highest BCUT2D eigenvalue weighted by Gasteiger charge is 2.40. The molecule has 0 amide bonds. The van der Waals surface area contributed by atoms with Crippen LogP contribution < -0.4 is 5.73 Å². The van der Waals surface area contributed by atoms with Crippen molar-refractivity contribution >= 4 is 0 Å². The minimum atomic E-state index is 0.0869. The molecule has 0 radical (unpaired) electrons. The molecule has 1 atom stereocenters. The second-order valence-corrected chi connectivity index (χ2v) is 5.16. The quantitative estimate of drug-likeness (QED) is 0.652. The van der Waals surface area contributed by atoms with Crippen LogP contribution in [-0.4, -0.2) is 68.3 Å². The topological polar surface area (TPSA) is 41.7 Å². The third-order valence-corrected chi connectivity index (χ3v) is 3.65. The number of ether oxygens (including phenoxy) is 1. The SMILES string of the molecule is CN1CCC2(CC1)CN(C)C[C@H](CN)O2. The van der Waals surface area contributed by atoms with Gasteiger partial charge in [0.15, 0.2) is 0 Å². The molecule has 1 spiro atoms. The fraction of sp³-hybridized carbons (Fsp3) is 1.00. The molecule has 4 nitrogen and oxygen atoms in total. The normalized spacial score (nSPS) is 33.4. The van der Waals surface area contributed by atoms with E-state index in [1.807, 2.05) is 0 Å². The predicted octanol–water partition coefficient (Wildman–Crippen LogP) is -0.260. The molecule has 2 rings (SSSR count). The minimum Gasteiger partial charge on any atom is -0.368 e. The molecule has 2 aliphatic heterocycles. The van der Waals surface area contributed by atoms with E-state index in [0.29, 0.717) is 6.54 Å². The highest BCUT2D eigenvalue weighted by molar-refractivity contribution is 4.94. The van der Waals surface area contributed by atoms with Crippen LogP contribution in [0.2, 0.25) is 0 Å². The lowest BCUT2D eigenvalue weighted by Crippen LogP contribution is -2.59. The lowest BCUT2D eigenvalue weighted by Gasteiger charge is -2.48. The van der Waals surface area contributed by atoms with Crippen LogP contribution in [0.5, 0.6) is 0 Å². The Balaban J connectivity index is 2.00. The first-order chi connectivity index (χ1) is 7.13. The van der Waals surface area contributed by atoms with Gasteiger partial charge in [-0.05, 0) is 26.9 Å². The average Bonchev–Trinajstić information content (AvgIpc) is 2.22. The molecule has 2 fully saturated rings. The van der Waals surface area contributed by atoms with Gasteiger partial charge in [-0.2, -0.15) is 0 Å². The minimum absolute atomic E-state index is 0.0869. The zero-order valence-corrected chi connectivity index (χ0v) is 9.91. The molecule has 0 unspecified atom stereocenters. The van der Waals surface area contributed by atoms with Crippen LogP contribution in [0.4, 0.5) is 0 Å². The molecule has 0 bridgehead atoms. The van der Waals surface area contributed by atoms with E-state index in [-0.39, 0.29) is 11.7 Å². The molecule has 0 aliphatic carbocycles. The smallest absolute Gasteiger partial charge is 0.0838 e. The summed E-state index contributed by atoms with van der Waals surface area (Å²) in [6.07, 6.45) is 2.52. The molecular weight excluding hydrogens is 190 g/mol. The van der Waals surface area contributed by atoms with Crippen LogP contribution in [0.3, 0.4) is 0 Å². The van der Waals surface area contributed by atoms with Gasteiger partial charge in [0.1, 0.15) is 0 Å². The maximum Gasteiger partial charge on any atom is 0.0838 e. The number of piperidine rings is 1. The Morgan fingerprint density at radius 2 is 1.93 bits per heavy atom. The second-order valence-electron chi connectivity index (χ2n) is 5.16. The van der Waals surface area contributed by atoms with Crippen molar-refractivity contribution in [2.24, 2.45) is 5.73 Å². The monoisotopic (exact) mass is 213 g/mol. The number of nitrogens with two attached hydrogens (primary N) is 1. The van der Waals surface area contributed by atoms with E-state index in [2.05, 4.69) is 23.9 Å². The largest absolute Gasteiger partial charge is 0.368 e. The van der Waals surface area contributed by atoms with Gasteiger partial charge in [0.2, 0.25) is 0 Å². The summed E-state index contributed by atoms with van der Waals surface area (Å²) < 4.78 is 6.19. The van der Waals surface area contributed by atoms with Crippen molar-refractivity contribution in [2.45, 2.75) is 24.5 Å². The Kier molecular flexibility index (Phi) is 3.30. The number of likely N-dealkylation sites (tertiary alicyclic amines) is 1. The van der Waals surface area contributed by atoms with E-state index in [9.17, 15) is 0 Å². The van der Waals surface area contributed by atoms with Gasteiger partial charge in [-0.3, -0.25) is 0 Å². The number of nitrogens with zero attached hydrogens (tertiary/aromatic N) is 2. The van der Waals surface area contributed by atoms with E-state index >= 15 is 0 Å². The molecule has 0 saturated carbocycles. The maximum absolute atomic E-state index is 6.19. The van der Waals surface area contributed by atoms with Gasteiger partial charge in [-0.15, -0.1) is 0 Å². The summed E-state index contributed by atoms with van der Waals surface area (Å²) >= 11 is 0. The highest BCUT2D eigenvalue weighted by atomic mass is 16.5. The third-order valence-electron chi connectivity index (χ3n) is 3.65. The van der Waals surface area contributed by atoms with Crippen molar-refractivity contribution in [3.8, 4) is 0 Å². The molecule has 2 aliphatic rings. The van der Waals surface area contributed by atoms with Gasteiger partial charge >= 0.3 is 0 Å². The molecule has 0 aromatic carbocycles. The lowest BCUT2D eigenvalue weighted by molar-refractivity contribution is -0.166. The van der Waals surface area contributed by atoms with Crippen molar-refractivity contribution in [3.05, 3.63) is 0 Å². The molecular formula is C11H23N3O. The van der Waals surface area contributed by atoms with Gasteiger partial charge in [0, 0.05) is 32.7 Å². The Morgan fingerprint density at radius 1 is 1.27 bits per heavy atom. The second kappa shape index (κ2) is 4.37. The van der Waals surface area contributed by atoms with Crippen molar-refractivity contribution in [3.63, 3.8) is 0 Å². The highest BCUT2D eigenvalue weighted by Crippen LogP contribution is 2.31. The van der Waals surface area contributed by atoms with Crippen molar-refractivity contribution in [2.75, 3.05) is 46.8 Å².